The van der Waals surface area contributed by atoms with Gasteiger partial charge in [-0.1, -0.05) is 43.9 Å². The minimum Gasteiger partial charge on any atom is -0.271 e. The van der Waals surface area contributed by atoms with Crippen LogP contribution in [0.25, 0.3) is 0 Å². The van der Waals surface area contributed by atoms with Crippen LogP contribution in [0.15, 0.2) is 22.7 Å². The molecule has 0 bridgehead atoms. The molecule has 3 N–H and O–H groups in total. The number of unbranched alkanes of at least 4 members (excludes halogenated alkanes) is 2. The predicted molar refractivity (Wildman–Crippen MR) is 73.4 cm³/mol. The number of hydrogen-bond acceptors (Lipinski definition) is 2. The average molecular weight is 306 g/mol. The van der Waals surface area contributed by atoms with Crippen molar-refractivity contribution in [3.63, 3.8) is 0 Å². The van der Waals surface area contributed by atoms with Gasteiger partial charge in [0.2, 0.25) is 0 Å². The summed E-state index contributed by atoms with van der Waals surface area (Å²) in [5.74, 6) is 5.57. The monoisotopic (exact) mass is 304 g/mol. The van der Waals surface area contributed by atoms with E-state index >= 15 is 0 Å². The van der Waals surface area contributed by atoms with Crippen LogP contribution in [0.3, 0.4) is 0 Å². The molecule has 2 nitrogen and oxygen atoms in total. The summed E-state index contributed by atoms with van der Waals surface area (Å²) in [5.41, 5.74) is 4.00. The van der Waals surface area contributed by atoms with Gasteiger partial charge in [0, 0.05) is 10.5 Å². The summed E-state index contributed by atoms with van der Waals surface area (Å²) in [4.78, 5) is 0. The van der Waals surface area contributed by atoms with Crippen LogP contribution in [0.2, 0.25) is 5.02 Å². The standard InChI is InChI=1S/C12H18BrClN2/c1-2-3-4-5-12(16-15)9-6-7-10(13)11(14)8-9/h6-8,12,16H,2-5,15H2,1H3. The molecule has 16 heavy (non-hydrogen) atoms. The van der Waals surface area contributed by atoms with E-state index < -0.39 is 0 Å². The Hall–Kier alpha value is -0.0900. The molecular formula is C12H18BrClN2. The highest BCUT2D eigenvalue weighted by atomic mass is 79.9. The molecule has 1 aromatic rings. The van der Waals surface area contributed by atoms with Crippen molar-refractivity contribution in [3.8, 4) is 0 Å². The van der Waals surface area contributed by atoms with E-state index in [1.54, 1.807) is 0 Å². The Labute approximate surface area is 111 Å². The second-order valence-electron chi connectivity index (χ2n) is 3.89. The van der Waals surface area contributed by atoms with Gasteiger partial charge in [-0.15, -0.1) is 0 Å². The Bertz CT molecular complexity index is 331. The normalized spacial score (nSPS) is 12.8. The third kappa shape index (κ3) is 4.06. The molecule has 90 valence electrons. The van der Waals surface area contributed by atoms with Gasteiger partial charge < -0.3 is 0 Å². The highest BCUT2D eigenvalue weighted by Gasteiger charge is 2.10. The number of rotatable bonds is 6. The Kier molecular flexibility index (Phi) is 6.36. The summed E-state index contributed by atoms with van der Waals surface area (Å²) in [6, 6.07) is 6.16. The molecule has 0 aliphatic heterocycles. The Morgan fingerprint density at radius 3 is 2.75 bits per heavy atom. The van der Waals surface area contributed by atoms with Crippen molar-refractivity contribution >= 4 is 27.5 Å². The van der Waals surface area contributed by atoms with Crippen LogP contribution in [0, 0.1) is 0 Å². The van der Waals surface area contributed by atoms with E-state index in [1.165, 1.54) is 19.3 Å². The molecule has 0 fully saturated rings. The maximum atomic E-state index is 6.06. The fraction of sp³-hybridized carbons (Fsp3) is 0.500. The number of nitrogens with two attached hydrogens (primary N) is 1. The number of hydrazine groups is 1. The summed E-state index contributed by atoms with van der Waals surface area (Å²) < 4.78 is 0.919. The maximum absolute atomic E-state index is 6.06. The van der Waals surface area contributed by atoms with Crippen LogP contribution in [-0.2, 0) is 0 Å². The van der Waals surface area contributed by atoms with Crippen molar-refractivity contribution in [1.29, 1.82) is 0 Å². The molecule has 0 heterocycles. The lowest BCUT2D eigenvalue weighted by atomic mass is 10.0. The van der Waals surface area contributed by atoms with Crippen LogP contribution < -0.4 is 11.3 Å². The van der Waals surface area contributed by atoms with E-state index in [0.29, 0.717) is 0 Å². The van der Waals surface area contributed by atoms with Gasteiger partial charge in [0.05, 0.1) is 5.02 Å². The highest BCUT2D eigenvalue weighted by molar-refractivity contribution is 9.10. The van der Waals surface area contributed by atoms with Crippen LogP contribution in [0.5, 0.6) is 0 Å². The minimum atomic E-state index is 0.192. The minimum absolute atomic E-state index is 0.192. The van der Waals surface area contributed by atoms with Gasteiger partial charge in [-0.25, -0.2) is 0 Å². The predicted octanol–water partition coefficient (Wildman–Crippen LogP) is 4.19. The second-order valence-corrected chi connectivity index (χ2v) is 5.15. The first-order valence-corrected chi connectivity index (χ1v) is 6.77. The van der Waals surface area contributed by atoms with Gasteiger partial charge in [0.25, 0.3) is 0 Å². The smallest absolute Gasteiger partial charge is 0.0551 e. The molecule has 0 saturated heterocycles. The van der Waals surface area contributed by atoms with Gasteiger partial charge in [-0.2, -0.15) is 0 Å². The van der Waals surface area contributed by atoms with Crippen molar-refractivity contribution in [2.75, 3.05) is 0 Å². The van der Waals surface area contributed by atoms with Crippen molar-refractivity contribution in [2.45, 2.75) is 38.6 Å². The molecule has 4 heteroatoms. The maximum Gasteiger partial charge on any atom is 0.0551 e. The molecule has 1 unspecified atom stereocenters. The van der Waals surface area contributed by atoms with E-state index in [2.05, 4.69) is 28.3 Å². The van der Waals surface area contributed by atoms with Gasteiger partial charge in [0.1, 0.15) is 0 Å². The molecule has 0 aliphatic rings. The fourth-order valence-electron chi connectivity index (χ4n) is 1.67. The molecular weight excluding hydrogens is 288 g/mol. The number of benzene rings is 1. The van der Waals surface area contributed by atoms with Gasteiger partial charge in [-0.05, 0) is 40.0 Å². The summed E-state index contributed by atoms with van der Waals surface area (Å²) >= 11 is 9.44. The lowest BCUT2D eigenvalue weighted by molar-refractivity contribution is 0.487. The number of nitrogens with one attached hydrogen (secondary N) is 1. The third-order valence-corrected chi connectivity index (χ3v) is 3.88. The fourth-order valence-corrected chi connectivity index (χ4v) is 2.11. The van der Waals surface area contributed by atoms with Crippen molar-refractivity contribution in [2.24, 2.45) is 5.84 Å². The van der Waals surface area contributed by atoms with Crippen molar-refractivity contribution in [3.05, 3.63) is 33.3 Å². The first kappa shape index (κ1) is 14.0. The summed E-state index contributed by atoms with van der Waals surface area (Å²) in [5, 5.41) is 0.730. The molecule has 0 saturated carbocycles. The van der Waals surface area contributed by atoms with Crippen molar-refractivity contribution in [1.82, 2.24) is 5.43 Å². The van der Waals surface area contributed by atoms with Crippen LogP contribution in [-0.4, -0.2) is 0 Å². The molecule has 1 rings (SSSR count). The zero-order valence-corrected chi connectivity index (χ0v) is 11.8. The van der Waals surface area contributed by atoms with Gasteiger partial charge in [-0.3, -0.25) is 11.3 Å². The lowest BCUT2D eigenvalue weighted by Gasteiger charge is -2.16. The van der Waals surface area contributed by atoms with E-state index in [1.807, 2.05) is 18.2 Å². The molecule has 1 atom stereocenters. The first-order valence-electron chi connectivity index (χ1n) is 5.60. The largest absolute Gasteiger partial charge is 0.271 e. The first-order chi connectivity index (χ1) is 7.69. The number of hydrogen-bond donors (Lipinski definition) is 2. The Balaban J connectivity index is 2.67. The average Bonchev–Trinajstić information content (AvgIpc) is 2.29. The second kappa shape index (κ2) is 7.28. The Morgan fingerprint density at radius 2 is 2.19 bits per heavy atom. The lowest BCUT2D eigenvalue weighted by Crippen LogP contribution is -2.27. The van der Waals surface area contributed by atoms with E-state index in [4.69, 9.17) is 17.4 Å². The quantitative estimate of drug-likeness (QED) is 0.470. The summed E-state index contributed by atoms with van der Waals surface area (Å²) in [6.07, 6.45) is 4.68. The number of halogens is 2. The molecule has 0 spiro atoms. The topological polar surface area (TPSA) is 38.0 Å². The molecule has 0 aromatic heterocycles. The van der Waals surface area contributed by atoms with Crippen LogP contribution in [0.1, 0.15) is 44.2 Å². The molecule has 0 radical (unpaired) electrons. The van der Waals surface area contributed by atoms with Crippen molar-refractivity contribution < 1.29 is 0 Å². The Morgan fingerprint density at radius 1 is 1.44 bits per heavy atom. The zero-order valence-electron chi connectivity index (χ0n) is 9.47. The third-order valence-electron chi connectivity index (χ3n) is 2.64. The highest BCUT2D eigenvalue weighted by Crippen LogP contribution is 2.27. The molecule has 0 amide bonds. The summed E-state index contributed by atoms with van der Waals surface area (Å²) in [6.45, 7) is 2.20. The zero-order chi connectivity index (χ0) is 12.0. The molecule has 1 aromatic carbocycles. The van der Waals surface area contributed by atoms with Crippen LogP contribution in [0.4, 0.5) is 0 Å². The summed E-state index contributed by atoms with van der Waals surface area (Å²) in [7, 11) is 0. The van der Waals surface area contributed by atoms with Gasteiger partial charge >= 0.3 is 0 Å². The van der Waals surface area contributed by atoms with Crippen LogP contribution >= 0.6 is 27.5 Å². The molecule has 0 aliphatic carbocycles. The van der Waals surface area contributed by atoms with E-state index in [9.17, 15) is 0 Å². The van der Waals surface area contributed by atoms with E-state index in [0.717, 1.165) is 21.5 Å². The van der Waals surface area contributed by atoms with E-state index in [-0.39, 0.29) is 6.04 Å². The SMILES string of the molecule is CCCCCC(NN)c1ccc(Br)c(Cl)c1. The van der Waals surface area contributed by atoms with Gasteiger partial charge in [0.15, 0.2) is 0 Å².